The van der Waals surface area contributed by atoms with Crippen LogP contribution in [0, 0.1) is 0 Å². The molecule has 0 unspecified atom stereocenters. The quantitative estimate of drug-likeness (QED) is 0.527. The molecule has 0 radical (unpaired) electrons. The molecule has 0 saturated carbocycles. The average molecular weight is 447 g/mol. The largest absolute Gasteiger partial charge is 0.466 e. The van der Waals surface area contributed by atoms with E-state index in [4.69, 9.17) is 9.47 Å². The second-order valence-electron chi connectivity index (χ2n) is 7.99. The van der Waals surface area contributed by atoms with Gasteiger partial charge in [-0.1, -0.05) is 0 Å². The van der Waals surface area contributed by atoms with Crippen molar-refractivity contribution < 1.29 is 23.9 Å². The zero-order valence-electron chi connectivity index (χ0n) is 18.9. The molecular formula is C23H34N4O5. The zero-order valence-corrected chi connectivity index (χ0v) is 18.9. The van der Waals surface area contributed by atoms with E-state index >= 15 is 0 Å². The van der Waals surface area contributed by atoms with Crippen LogP contribution in [-0.4, -0.2) is 81.8 Å². The van der Waals surface area contributed by atoms with Crippen LogP contribution < -0.4 is 15.5 Å². The number of rotatable bonds is 10. The van der Waals surface area contributed by atoms with Gasteiger partial charge in [0, 0.05) is 57.1 Å². The van der Waals surface area contributed by atoms with Crippen LogP contribution in [-0.2, 0) is 19.1 Å². The van der Waals surface area contributed by atoms with Crippen molar-refractivity contribution in [2.24, 2.45) is 0 Å². The third-order valence-electron chi connectivity index (χ3n) is 5.65. The number of amides is 2. The summed E-state index contributed by atoms with van der Waals surface area (Å²) in [6, 6.07) is 5.42. The summed E-state index contributed by atoms with van der Waals surface area (Å²) in [6.45, 7) is 8.39. The van der Waals surface area contributed by atoms with Crippen molar-refractivity contribution in [1.29, 1.82) is 0 Å². The molecular weight excluding hydrogens is 412 g/mol. The van der Waals surface area contributed by atoms with Gasteiger partial charge in [-0.25, -0.2) is 0 Å². The van der Waals surface area contributed by atoms with Gasteiger partial charge in [0.05, 0.1) is 31.8 Å². The number of hydrogen-bond donors (Lipinski definition) is 2. The maximum Gasteiger partial charge on any atom is 0.306 e. The van der Waals surface area contributed by atoms with Gasteiger partial charge in [-0.15, -0.1) is 0 Å². The highest BCUT2D eigenvalue weighted by Crippen LogP contribution is 2.27. The molecule has 176 valence electrons. The van der Waals surface area contributed by atoms with Crippen LogP contribution >= 0.6 is 0 Å². The predicted molar refractivity (Wildman–Crippen MR) is 122 cm³/mol. The number of benzene rings is 1. The van der Waals surface area contributed by atoms with Gasteiger partial charge in [0.2, 0.25) is 5.91 Å². The highest BCUT2D eigenvalue weighted by Gasteiger charge is 2.21. The molecule has 0 aliphatic carbocycles. The fourth-order valence-electron chi connectivity index (χ4n) is 3.95. The van der Waals surface area contributed by atoms with E-state index in [0.717, 1.165) is 64.5 Å². The molecule has 1 aromatic carbocycles. The molecule has 0 atom stereocenters. The van der Waals surface area contributed by atoms with Gasteiger partial charge in [0.15, 0.2) is 0 Å². The fourth-order valence-corrected chi connectivity index (χ4v) is 3.95. The Morgan fingerprint density at radius 2 is 1.81 bits per heavy atom. The first-order chi connectivity index (χ1) is 15.6. The van der Waals surface area contributed by atoms with Gasteiger partial charge in [0.1, 0.15) is 0 Å². The number of carbonyl (C=O) groups excluding carboxylic acids is 3. The first-order valence-electron chi connectivity index (χ1n) is 11.5. The number of nitrogens with one attached hydrogen (secondary N) is 2. The molecule has 3 rings (SSSR count). The summed E-state index contributed by atoms with van der Waals surface area (Å²) in [4.78, 5) is 41.2. The maximum atomic E-state index is 13.0. The Morgan fingerprint density at radius 3 is 2.53 bits per heavy atom. The Morgan fingerprint density at radius 1 is 1.06 bits per heavy atom. The van der Waals surface area contributed by atoms with Crippen LogP contribution in [0.3, 0.4) is 0 Å². The van der Waals surface area contributed by atoms with Crippen molar-refractivity contribution >= 4 is 29.2 Å². The minimum atomic E-state index is -0.396. The van der Waals surface area contributed by atoms with Crippen molar-refractivity contribution in [2.45, 2.75) is 32.6 Å². The Kier molecular flexibility index (Phi) is 9.30. The molecule has 32 heavy (non-hydrogen) atoms. The SMILES string of the molecule is CCOC(=O)CCC(=O)Nc1ccc(N2CCCC2)c(C(=O)NCCN2CCOCC2)c1. The molecule has 0 bridgehead atoms. The lowest BCUT2D eigenvalue weighted by Gasteiger charge is -2.26. The van der Waals surface area contributed by atoms with E-state index in [2.05, 4.69) is 20.4 Å². The topological polar surface area (TPSA) is 100 Å². The fraction of sp³-hybridized carbons (Fsp3) is 0.609. The van der Waals surface area contributed by atoms with E-state index < -0.39 is 5.97 Å². The van der Waals surface area contributed by atoms with Crippen LogP contribution in [0.2, 0.25) is 0 Å². The first kappa shape index (κ1) is 24.0. The van der Waals surface area contributed by atoms with Crippen LogP contribution in [0.5, 0.6) is 0 Å². The van der Waals surface area contributed by atoms with Crippen molar-refractivity contribution in [2.75, 3.05) is 69.3 Å². The lowest BCUT2D eigenvalue weighted by molar-refractivity contribution is -0.144. The summed E-state index contributed by atoms with van der Waals surface area (Å²) in [5, 5.41) is 5.82. The Labute approximate surface area is 189 Å². The zero-order chi connectivity index (χ0) is 22.8. The number of hydrogen-bond acceptors (Lipinski definition) is 7. The summed E-state index contributed by atoms with van der Waals surface area (Å²) >= 11 is 0. The Hall–Kier alpha value is -2.65. The minimum absolute atomic E-state index is 0.0282. The summed E-state index contributed by atoms with van der Waals surface area (Å²) in [6.07, 6.45) is 2.27. The van der Waals surface area contributed by atoms with Crippen LogP contribution in [0.25, 0.3) is 0 Å². The Balaban J connectivity index is 1.62. The second-order valence-corrected chi connectivity index (χ2v) is 7.99. The number of nitrogens with zero attached hydrogens (tertiary/aromatic N) is 2. The summed E-state index contributed by atoms with van der Waals surface area (Å²) in [5.74, 6) is -0.833. The molecule has 0 aromatic heterocycles. The van der Waals surface area contributed by atoms with E-state index in [1.165, 1.54) is 0 Å². The average Bonchev–Trinajstić information content (AvgIpc) is 3.33. The van der Waals surface area contributed by atoms with Crippen molar-refractivity contribution in [3.8, 4) is 0 Å². The van der Waals surface area contributed by atoms with Crippen molar-refractivity contribution in [1.82, 2.24) is 10.2 Å². The van der Waals surface area contributed by atoms with E-state index in [1.807, 2.05) is 6.07 Å². The normalized spacial score (nSPS) is 16.6. The molecule has 1 aromatic rings. The van der Waals surface area contributed by atoms with Crippen molar-refractivity contribution in [3.05, 3.63) is 23.8 Å². The third-order valence-corrected chi connectivity index (χ3v) is 5.65. The molecule has 2 saturated heterocycles. The smallest absolute Gasteiger partial charge is 0.306 e. The molecule has 2 aliphatic heterocycles. The number of morpholine rings is 1. The maximum absolute atomic E-state index is 13.0. The van der Waals surface area contributed by atoms with Crippen LogP contribution in [0.1, 0.15) is 43.0 Å². The third kappa shape index (κ3) is 7.20. The number of esters is 1. The van der Waals surface area contributed by atoms with Gasteiger partial charge in [0.25, 0.3) is 5.91 Å². The molecule has 2 heterocycles. The molecule has 2 N–H and O–H groups in total. The summed E-state index contributed by atoms with van der Waals surface area (Å²) < 4.78 is 10.2. The highest BCUT2D eigenvalue weighted by molar-refractivity contribution is 6.02. The Bertz CT molecular complexity index is 789. The minimum Gasteiger partial charge on any atom is -0.466 e. The van der Waals surface area contributed by atoms with Gasteiger partial charge < -0.3 is 25.0 Å². The monoisotopic (exact) mass is 446 g/mol. The molecule has 2 amide bonds. The molecule has 0 spiro atoms. The summed E-state index contributed by atoms with van der Waals surface area (Å²) in [5.41, 5.74) is 1.98. The van der Waals surface area contributed by atoms with Gasteiger partial charge in [-0.05, 0) is 38.0 Å². The summed E-state index contributed by atoms with van der Waals surface area (Å²) in [7, 11) is 0. The number of anilines is 2. The van der Waals surface area contributed by atoms with E-state index in [9.17, 15) is 14.4 Å². The van der Waals surface area contributed by atoms with Crippen molar-refractivity contribution in [3.63, 3.8) is 0 Å². The van der Waals surface area contributed by atoms with Crippen LogP contribution in [0.15, 0.2) is 18.2 Å². The number of ether oxygens (including phenoxy) is 2. The van der Waals surface area contributed by atoms with Gasteiger partial charge in [-0.3, -0.25) is 19.3 Å². The lowest BCUT2D eigenvalue weighted by atomic mass is 10.1. The molecule has 2 aliphatic rings. The molecule has 2 fully saturated rings. The van der Waals surface area contributed by atoms with E-state index in [0.29, 0.717) is 24.4 Å². The van der Waals surface area contributed by atoms with E-state index in [-0.39, 0.29) is 24.7 Å². The highest BCUT2D eigenvalue weighted by atomic mass is 16.5. The van der Waals surface area contributed by atoms with Gasteiger partial charge >= 0.3 is 5.97 Å². The van der Waals surface area contributed by atoms with E-state index in [1.54, 1.807) is 19.1 Å². The van der Waals surface area contributed by atoms with Crippen LogP contribution in [0.4, 0.5) is 11.4 Å². The van der Waals surface area contributed by atoms with Gasteiger partial charge in [-0.2, -0.15) is 0 Å². The molecule has 9 heteroatoms. The lowest BCUT2D eigenvalue weighted by Crippen LogP contribution is -2.41. The number of carbonyl (C=O) groups is 3. The predicted octanol–water partition coefficient (Wildman–Crippen LogP) is 1.63. The standard InChI is InChI=1S/C23H34N4O5/c1-2-32-22(29)8-7-21(28)25-18-5-6-20(27-10-3-4-11-27)19(17-18)23(30)24-9-12-26-13-15-31-16-14-26/h5-6,17H,2-4,7-16H2,1H3,(H,24,30)(H,25,28). The molecule has 9 nitrogen and oxygen atoms in total. The first-order valence-corrected chi connectivity index (χ1v) is 11.5. The second kappa shape index (κ2) is 12.4.